The van der Waals surface area contributed by atoms with E-state index in [0.29, 0.717) is 5.69 Å². The summed E-state index contributed by atoms with van der Waals surface area (Å²) in [5.41, 5.74) is 0.123. The van der Waals surface area contributed by atoms with Crippen molar-refractivity contribution in [3.63, 3.8) is 0 Å². The highest BCUT2D eigenvalue weighted by atomic mass is 16.6. The Morgan fingerprint density at radius 1 is 0.971 bits per heavy atom. The number of likely N-dealkylation sites (N-methyl/N-ethyl adjacent to an activating group) is 1. The van der Waals surface area contributed by atoms with Gasteiger partial charge in [-0.05, 0) is 56.7 Å². The number of benzene rings is 3. The number of hydrogen-bond donors (Lipinski definition) is 3. The lowest BCUT2D eigenvalue weighted by molar-refractivity contribution is -0.138. The van der Waals surface area contributed by atoms with Crippen LogP contribution in [0.1, 0.15) is 39.3 Å². The lowest BCUT2D eigenvalue weighted by Crippen LogP contribution is -2.46. The highest BCUT2D eigenvalue weighted by Crippen LogP contribution is 2.30. The van der Waals surface area contributed by atoms with Gasteiger partial charge in [-0.1, -0.05) is 48.5 Å². The van der Waals surface area contributed by atoms with Gasteiger partial charge >= 0.3 is 6.09 Å². The van der Waals surface area contributed by atoms with E-state index in [9.17, 15) is 19.5 Å². The molecule has 0 saturated carbocycles. The van der Waals surface area contributed by atoms with Crippen molar-refractivity contribution < 1.29 is 24.2 Å². The number of rotatable bonds is 7. The molecule has 1 unspecified atom stereocenters. The molecule has 3 amide bonds. The molecule has 0 aliphatic heterocycles. The zero-order valence-electron chi connectivity index (χ0n) is 20.4. The number of amides is 3. The number of carbonyl (C=O) groups is 3. The SMILES string of the molecule is CCN(C(=O)CNC(=O)OC(C)(C)C)C(C(=O)Nc1ccc2ccccc2c1)c1ccccc1O. The molecule has 0 aromatic heterocycles. The van der Waals surface area contributed by atoms with Crippen molar-refractivity contribution in [1.29, 1.82) is 0 Å². The van der Waals surface area contributed by atoms with E-state index >= 15 is 0 Å². The fourth-order valence-corrected chi connectivity index (χ4v) is 3.71. The second kappa shape index (κ2) is 10.9. The van der Waals surface area contributed by atoms with Crippen molar-refractivity contribution in [1.82, 2.24) is 10.2 Å². The molecular formula is C27H31N3O5. The molecule has 0 aliphatic carbocycles. The topological polar surface area (TPSA) is 108 Å². The monoisotopic (exact) mass is 477 g/mol. The van der Waals surface area contributed by atoms with Gasteiger partial charge in [-0.2, -0.15) is 0 Å². The van der Waals surface area contributed by atoms with Crippen molar-refractivity contribution in [2.45, 2.75) is 39.3 Å². The van der Waals surface area contributed by atoms with Crippen LogP contribution >= 0.6 is 0 Å². The normalized spacial score (nSPS) is 12.0. The Morgan fingerprint density at radius 2 is 1.63 bits per heavy atom. The highest BCUT2D eigenvalue weighted by Gasteiger charge is 2.32. The van der Waals surface area contributed by atoms with Gasteiger partial charge in [0, 0.05) is 17.8 Å². The Kier molecular flexibility index (Phi) is 7.96. The molecule has 3 aromatic rings. The van der Waals surface area contributed by atoms with Gasteiger partial charge in [-0.3, -0.25) is 9.59 Å². The Labute approximate surface area is 204 Å². The first-order valence-corrected chi connectivity index (χ1v) is 11.4. The fraction of sp³-hybridized carbons (Fsp3) is 0.296. The molecule has 3 N–H and O–H groups in total. The molecule has 1 atom stereocenters. The zero-order valence-corrected chi connectivity index (χ0v) is 20.4. The lowest BCUT2D eigenvalue weighted by atomic mass is 10.0. The lowest BCUT2D eigenvalue weighted by Gasteiger charge is -2.31. The van der Waals surface area contributed by atoms with E-state index in [4.69, 9.17) is 4.74 Å². The van der Waals surface area contributed by atoms with Gasteiger partial charge in [0.1, 0.15) is 23.9 Å². The predicted molar refractivity (Wildman–Crippen MR) is 135 cm³/mol. The summed E-state index contributed by atoms with van der Waals surface area (Å²) in [4.78, 5) is 39.9. The number of aromatic hydroxyl groups is 1. The maximum absolute atomic E-state index is 13.5. The van der Waals surface area contributed by atoms with Crippen LogP contribution in [0.4, 0.5) is 10.5 Å². The first-order chi connectivity index (χ1) is 16.6. The second-order valence-corrected chi connectivity index (χ2v) is 9.05. The van der Waals surface area contributed by atoms with Crippen molar-refractivity contribution in [2.75, 3.05) is 18.4 Å². The van der Waals surface area contributed by atoms with Crippen LogP contribution < -0.4 is 10.6 Å². The van der Waals surface area contributed by atoms with Crippen LogP contribution in [0.15, 0.2) is 66.7 Å². The summed E-state index contributed by atoms with van der Waals surface area (Å²) in [7, 11) is 0. The summed E-state index contributed by atoms with van der Waals surface area (Å²) in [6.07, 6.45) is -0.735. The summed E-state index contributed by atoms with van der Waals surface area (Å²) in [6.45, 7) is 6.69. The minimum absolute atomic E-state index is 0.113. The molecule has 0 fully saturated rings. The van der Waals surface area contributed by atoms with Gasteiger partial charge in [0.15, 0.2) is 0 Å². The zero-order chi connectivity index (χ0) is 25.6. The molecular weight excluding hydrogens is 446 g/mol. The minimum atomic E-state index is -1.12. The maximum atomic E-state index is 13.5. The number of nitrogens with one attached hydrogen (secondary N) is 2. The smallest absolute Gasteiger partial charge is 0.408 e. The molecule has 0 bridgehead atoms. The largest absolute Gasteiger partial charge is 0.508 e. The van der Waals surface area contributed by atoms with Crippen LogP contribution in [0.3, 0.4) is 0 Å². The third-order valence-corrected chi connectivity index (χ3v) is 5.25. The van der Waals surface area contributed by atoms with Gasteiger partial charge in [0.25, 0.3) is 5.91 Å². The molecule has 0 aliphatic rings. The number of anilines is 1. The predicted octanol–water partition coefficient (Wildman–Crippen LogP) is 4.60. The van der Waals surface area contributed by atoms with Gasteiger partial charge < -0.3 is 25.4 Å². The minimum Gasteiger partial charge on any atom is -0.508 e. The average molecular weight is 478 g/mol. The number of fused-ring (bicyclic) bond motifs is 1. The Morgan fingerprint density at radius 3 is 2.29 bits per heavy atom. The van der Waals surface area contributed by atoms with Crippen LogP contribution in [0.25, 0.3) is 10.8 Å². The summed E-state index contributed by atoms with van der Waals surface area (Å²) in [5.74, 6) is -1.10. The van der Waals surface area contributed by atoms with Crippen molar-refractivity contribution >= 4 is 34.4 Å². The van der Waals surface area contributed by atoms with Crippen LogP contribution in [-0.4, -0.2) is 46.6 Å². The van der Waals surface area contributed by atoms with E-state index < -0.39 is 29.6 Å². The molecule has 3 rings (SSSR count). The number of alkyl carbamates (subject to hydrolysis) is 1. The van der Waals surface area contributed by atoms with Crippen LogP contribution in [0.2, 0.25) is 0 Å². The standard InChI is InChI=1S/C27H31N3O5/c1-5-30(23(32)17-28-26(34)35-27(2,3)4)24(21-12-8-9-13-22(21)31)25(33)29-20-15-14-18-10-6-7-11-19(18)16-20/h6-16,24,31H,5,17H2,1-4H3,(H,28,34)(H,29,33). The number of nitrogens with zero attached hydrogens (tertiary/aromatic N) is 1. The number of hydrogen-bond acceptors (Lipinski definition) is 5. The molecule has 0 heterocycles. The Hall–Kier alpha value is -4.07. The number of ether oxygens (including phenoxy) is 1. The average Bonchev–Trinajstić information content (AvgIpc) is 2.80. The van der Waals surface area contributed by atoms with Crippen molar-refractivity contribution in [2.24, 2.45) is 0 Å². The molecule has 0 spiro atoms. The molecule has 0 saturated heterocycles. The van der Waals surface area contributed by atoms with E-state index in [-0.39, 0.29) is 24.4 Å². The third-order valence-electron chi connectivity index (χ3n) is 5.25. The van der Waals surface area contributed by atoms with E-state index in [1.807, 2.05) is 36.4 Å². The third kappa shape index (κ3) is 6.72. The van der Waals surface area contributed by atoms with Crippen LogP contribution in [0, 0.1) is 0 Å². The maximum Gasteiger partial charge on any atom is 0.408 e. The Balaban J connectivity index is 1.86. The van der Waals surface area contributed by atoms with Crippen molar-refractivity contribution in [3.8, 4) is 5.75 Å². The van der Waals surface area contributed by atoms with Crippen LogP contribution in [0.5, 0.6) is 5.75 Å². The highest BCUT2D eigenvalue weighted by molar-refractivity contribution is 6.00. The second-order valence-electron chi connectivity index (χ2n) is 9.05. The molecule has 3 aromatic carbocycles. The van der Waals surface area contributed by atoms with E-state index in [1.165, 1.54) is 11.0 Å². The van der Waals surface area contributed by atoms with Crippen LogP contribution in [-0.2, 0) is 14.3 Å². The van der Waals surface area contributed by atoms with E-state index in [0.717, 1.165) is 10.8 Å². The van der Waals surface area contributed by atoms with Gasteiger partial charge in [-0.15, -0.1) is 0 Å². The summed E-state index contributed by atoms with van der Waals surface area (Å²) in [6, 6.07) is 18.5. The van der Waals surface area contributed by atoms with Gasteiger partial charge in [0.2, 0.25) is 5.91 Å². The number of phenolic OH excluding ortho intramolecular Hbond substituents is 1. The molecule has 184 valence electrons. The summed E-state index contributed by atoms with van der Waals surface area (Å²) in [5, 5.41) is 17.8. The van der Waals surface area contributed by atoms with Gasteiger partial charge in [-0.25, -0.2) is 4.79 Å². The number of phenols is 1. The summed E-state index contributed by atoms with van der Waals surface area (Å²) < 4.78 is 5.19. The Bertz CT molecular complexity index is 1220. The number of para-hydroxylation sites is 1. The van der Waals surface area contributed by atoms with E-state index in [2.05, 4.69) is 10.6 Å². The molecule has 0 radical (unpaired) electrons. The van der Waals surface area contributed by atoms with Crippen molar-refractivity contribution in [3.05, 3.63) is 72.3 Å². The van der Waals surface area contributed by atoms with Gasteiger partial charge in [0.05, 0.1) is 0 Å². The first kappa shape index (κ1) is 25.6. The number of carbonyl (C=O) groups excluding carboxylic acids is 3. The molecule has 8 heteroatoms. The first-order valence-electron chi connectivity index (χ1n) is 11.4. The molecule has 8 nitrogen and oxygen atoms in total. The van der Waals surface area contributed by atoms with E-state index in [1.54, 1.807) is 52.0 Å². The summed E-state index contributed by atoms with van der Waals surface area (Å²) >= 11 is 0. The quantitative estimate of drug-likeness (QED) is 0.461. The molecule has 35 heavy (non-hydrogen) atoms. The fourth-order valence-electron chi connectivity index (χ4n) is 3.71.